The lowest BCUT2D eigenvalue weighted by molar-refractivity contribution is 0.0683. The van der Waals surface area contributed by atoms with Crippen molar-refractivity contribution in [2.24, 2.45) is 5.16 Å². The molecule has 0 unspecified atom stereocenters. The molecule has 0 amide bonds. The van der Waals surface area contributed by atoms with Gasteiger partial charge in [-0.1, -0.05) is 17.3 Å². The van der Waals surface area contributed by atoms with E-state index in [1.54, 1.807) is 11.8 Å². The highest BCUT2D eigenvalue weighted by molar-refractivity contribution is 7.98. The van der Waals surface area contributed by atoms with Crippen molar-refractivity contribution in [3.05, 3.63) is 29.8 Å². The van der Waals surface area contributed by atoms with Gasteiger partial charge < -0.3 is 4.84 Å². The first-order chi connectivity index (χ1) is 8.62. The third-order valence-corrected chi connectivity index (χ3v) is 5.34. The zero-order valence-electron chi connectivity index (χ0n) is 9.57. The predicted molar refractivity (Wildman–Crippen MR) is 68.3 cm³/mol. The molecule has 0 spiro atoms. The molecule has 0 N–H and O–H groups in total. The Morgan fingerprint density at radius 3 is 2.72 bits per heavy atom. The van der Waals surface area contributed by atoms with E-state index in [4.69, 9.17) is 9.02 Å². The van der Waals surface area contributed by atoms with Crippen LogP contribution < -0.4 is 0 Å². The second-order valence-corrected chi connectivity index (χ2v) is 6.66. The van der Waals surface area contributed by atoms with Gasteiger partial charge in [0.15, 0.2) is 11.4 Å². The van der Waals surface area contributed by atoms with Crippen LogP contribution in [0.15, 0.2) is 34.3 Å². The summed E-state index contributed by atoms with van der Waals surface area (Å²) in [6.45, 7) is 0.0445. The van der Waals surface area contributed by atoms with Crippen LogP contribution in [0.4, 0.5) is 0 Å². The summed E-state index contributed by atoms with van der Waals surface area (Å²) in [5, 5.41) is 3.10. The van der Waals surface area contributed by atoms with Gasteiger partial charge in [-0.05, 0) is 18.4 Å². The Morgan fingerprint density at radius 2 is 2.06 bits per heavy atom. The molecule has 3 rings (SSSR count). The van der Waals surface area contributed by atoms with E-state index in [9.17, 15) is 8.42 Å². The monoisotopic (exact) mass is 285 g/mol. The highest BCUT2D eigenvalue weighted by atomic mass is 32.2. The van der Waals surface area contributed by atoms with E-state index in [1.165, 1.54) is 0 Å². The van der Waals surface area contributed by atoms with E-state index in [2.05, 4.69) is 5.16 Å². The van der Waals surface area contributed by atoms with Gasteiger partial charge in [-0.25, -0.2) is 0 Å². The van der Waals surface area contributed by atoms with E-state index in [0.717, 1.165) is 10.5 Å². The van der Waals surface area contributed by atoms with Gasteiger partial charge >= 0.3 is 0 Å². The van der Waals surface area contributed by atoms with Crippen LogP contribution in [-0.2, 0) is 19.1 Å². The molecule has 0 aliphatic carbocycles. The standard InChI is InChI=1S/C11H11NO4S2/c1-17-8-4-2-7(3-5-8)10-11-9(16-12-10)6-15-18(11,13)14/h2-5,9,11H,6H2,1H3/t9-,11+/m1/s1. The fraction of sp³-hybridized carbons (Fsp3) is 0.364. The van der Waals surface area contributed by atoms with Crippen molar-refractivity contribution in [1.82, 2.24) is 0 Å². The summed E-state index contributed by atoms with van der Waals surface area (Å²) in [6, 6.07) is 7.56. The largest absolute Gasteiger partial charge is 0.388 e. The number of oxime groups is 1. The molecule has 7 heteroatoms. The SMILES string of the molecule is CSc1ccc(C2=NO[C@@H]3COS(=O)(=O)[C@H]23)cc1. The molecular weight excluding hydrogens is 274 g/mol. The number of benzene rings is 1. The fourth-order valence-corrected chi connectivity index (χ4v) is 3.89. The second kappa shape index (κ2) is 4.25. The summed E-state index contributed by atoms with van der Waals surface area (Å²) < 4.78 is 28.3. The molecule has 18 heavy (non-hydrogen) atoms. The maximum Gasteiger partial charge on any atom is 0.280 e. The lowest BCUT2D eigenvalue weighted by Crippen LogP contribution is -2.31. The number of hydrogen-bond donors (Lipinski definition) is 0. The minimum atomic E-state index is -3.60. The maximum absolute atomic E-state index is 11.8. The Bertz CT molecular complexity index is 594. The third kappa shape index (κ3) is 1.82. The number of thioether (sulfide) groups is 1. The summed E-state index contributed by atoms with van der Waals surface area (Å²) >= 11 is 1.63. The number of nitrogens with zero attached hydrogens (tertiary/aromatic N) is 1. The van der Waals surface area contributed by atoms with Gasteiger partial charge in [0, 0.05) is 10.5 Å². The Labute approximate surface area is 109 Å². The first-order valence-electron chi connectivity index (χ1n) is 5.38. The van der Waals surface area contributed by atoms with Gasteiger partial charge in [-0.15, -0.1) is 11.8 Å². The lowest BCUT2D eigenvalue weighted by atomic mass is 10.1. The van der Waals surface area contributed by atoms with E-state index in [0.29, 0.717) is 5.71 Å². The van der Waals surface area contributed by atoms with E-state index < -0.39 is 21.5 Å². The molecule has 0 aromatic heterocycles. The molecule has 1 saturated heterocycles. The van der Waals surface area contributed by atoms with Crippen molar-refractivity contribution in [2.75, 3.05) is 12.9 Å². The van der Waals surface area contributed by atoms with Crippen LogP contribution in [0.2, 0.25) is 0 Å². The van der Waals surface area contributed by atoms with Crippen LogP contribution in [0.5, 0.6) is 0 Å². The molecule has 96 valence electrons. The van der Waals surface area contributed by atoms with E-state index in [1.807, 2.05) is 30.5 Å². The van der Waals surface area contributed by atoms with Crippen LogP contribution in [0.1, 0.15) is 5.56 Å². The van der Waals surface area contributed by atoms with Crippen LogP contribution in [0, 0.1) is 0 Å². The van der Waals surface area contributed by atoms with Gasteiger partial charge in [0.2, 0.25) is 0 Å². The highest BCUT2D eigenvalue weighted by Crippen LogP contribution is 2.30. The van der Waals surface area contributed by atoms with Crippen LogP contribution in [0.3, 0.4) is 0 Å². The number of rotatable bonds is 2. The lowest BCUT2D eigenvalue weighted by Gasteiger charge is -2.07. The van der Waals surface area contributed by atoms with Crippen molar-refractivity contribution in [3.63, 3.8) is 0 Å². The zero-order chi connectivity index (χ0) is 12.8. The normalized spacial score (nSPS) is 28.6. The minimum absolute atomic E-state index is 0.0445. The summed E-state index contributed by atoms with van der Waals surface area (Å²) in [7, 11) is -3.60. The van der Waals surface area contributed by atoms with Crippen LogP contribution >= 0.6 is 11.8 Å². The summed E-state index contributed by atoms with van der Waals surface area (Å²) in [5.74, 6) is 0. The summed E-state index contributed by atoms with van der Waals surface area (Å²) in [5.41, 5.74) is 1.19. The molecule has 0 radical (unpaired) electrons. The molecule has 1 fully saturated rings. The highest BCUT2D eigenvalue weighted by Gasteiger charge is 2.51. The summed E-state index contributed by atoms with van der Waals surface area (Å²) in [6.07, 6.45) is 1.47. The van der Waals surface area contributed by atoms with Crippen molar-refractivity contribution in [2.45, 2.75) is 16.2 Å². The molecule has 2 atom stereocenters. The molecule has 1 aromatic rings. The van der Waals surface area contributed by atoms with Crippen molar-refractivity contribution >= 4 is 27.6 Å². The van der Waals surface area contributed by atoms with E-state index >= 15 is 0 Å². The predicted octanol–water partition coefficient (Wildman–Crippen LogP) is 1.24. The summed E-state index contributed by atoms with van der Waals surface area (Å²) in [4.78, 5) is 6.23. The third-order valence-electron chi connectivity index (χ3n) is 2.99. The Morgan fingerprint density at radius 1 is 1.33 bits per heavy atom. The maximum atomic E-state index is 11.8. The van der Waals surface area contributed by atoms with Gasteiger partial charge in [0.25, 0.3) is 10.1 Å². The fourth-order valence-electron chi connectivity index (χ4n) is 2.06. The Balaban J connectivity index is 1.97. The molecule has 1 aromatic carbocycles. The second-order valence-electron chi connectivity index (χ2n) is 4.05. The molecule has 0 bridgehead atoms. The van der Waals surface area contributed by atoms with Crippen molar-refractivity contribution < 1.29 is 17.4 Å². The Hall–Kier alpha value is -1.05. The van der Waals surface area contributed by atoms with Gasteiger partial charge in [-0.2, -0.15) is 8.42 Å². The van der Waals surface area contributed by atoms with E-state index in [-0.39, 0.29) is 6.61 Å². The van der Waals surface area contributed by atoms with Crippen molar-refractivity contribution in [3.8, 4) is 0 Å². The molecule has 2 aliphatic rings. The average molecular weight is 285 g/mol. The molecular formula is C11H11NO4S2. The van der Waals surface area contributed by atoms with Gasteiger partial charge in [0.05, 0.1) is 0 Å². The van der Waals surface area contributed by atoms with Crippen LogP contribution in [-0.4, -0.2) is 38.3 Å². The smallest absolute Gasteiger partial charge is 0.280 e. The zero-order valence-corrected chi connectivity index (χ0v) is 11.2. The van der Waals surface area contributed by atoms with Gasteiger partial charge in [-0.3, -0.25) is 4.18 Å². The average Bonchev–Trinajstić information content (AvgIpc) is 2.92. The quantitative estimate of drug-likeness (QED) is 0.604. The number of hydrogen-bond acceptors (Lipinski definition) is 6. The van der Waals surface area contributed by atoms with Crippen molar-refractivity contribution in [1.29, 1.82) is 0 Å². The topological polar surface area (TPSA) is 65.0 Å². The molecule has 5 nitrogen and oxygen atoms in total. The Kier molecular flexibility index (Phi) is 2.84. The molecule has 0 saturated carbocycles. The van der Waals surface area contributed by atoms with Crippen LogP contribution in [0.25, 0.3) is 0 Å². The molecule has 2 heterocycles. The number of fused-ring (bicyclic) bond motifs is 1. The molecule has 2 aliphatic heterocycles. The minimum Gasteiger partial charge on any atom is -0.388 e. The first-order valence-corrected chi connectivity index (χ1v) is 8.08. The first kappa shape index (κ1) is 12.0. The van der Waals surface area contributed by atoms with Gasteiger partial charge in [0.1, 0.15) is 12.3 Å².